The van der Waals surface area contributed by atoms with Gasteiger partial charge in [-0.2, -0.15) is 0 Å². The summed E-state index contributed by atoms with van der Waals surface area (Å²) in [7, 11) is -2.77. The van der Waals surface area contributed by atoms with Crippen molar-refractivity contribution in [3.63, 3.8) is 0 Å². The van der Waals surface area contributed by atoms with Crippen LogP contribution in [0.1, 0.15) is 35.6 Å². The molecule has 0 aromatic heterocycles. The highest BCUT2D eigenvalue weighted by Crippen LogP contribution is 2.32. The maximum Gasteiger partial charge on any atom is 0.264 e. The van der Waals surface area contributed by atoms with E-state index in [9.17, 15) is 18.0 Å². The molecule has 9 heteroatoms. The Bertz CT molecular complexity index is 1690. The lowest BCUT2D eigenvalue weighted by atomic mass is 10.0. The molecule has 0 aliphatic carbocycles. The van der Waals surface area contributed by atoms with Crippen molar-refractivity contribution in [2.75, 3.05) is 24.5 Å². The van der Waals surface area contributed by atoms with Gasteiger partial charge in [0.2, 0.25) is 11.8 Å². The van der Waals surface area contributed by atoms with Crippen LogP contribution in [0.3, 0.4) is 0 Å². The molecule has 0 spiro atoms. The lowest BCUT2D eigenvalue weighted by Gasteiger charge is -2.34. The van der Waals surface area contributed by atoms with Crippen LogP contribution >= 0.6 is 0 Å². The Morgan fingerprint density at radius 1 is 0.822 bits per heavy atom. The SMILES string of the molecule is CCCNC(=O)[C@H](Cc1ccccc1)N(Cc1cccc(C)c1)C(=O)CN(c1ccccc1OC)S(=O)(=O)c1ccc(C)cc1. The highest BCUT2D eigenvalue weighted by atomic mass is 32.2. The fourth-order valence-corrected chi connectivity index (χ4v) is 6.54. The summed E-state index contributed by atoms with van der Waals surface area (Å²) in [5.41, 5.74) is 3.84. The minimum Gasteiger partial charge on any atom is -0.495 e. The summed E-state index contributed by atoms with van der Waals surface area (Å²) < 4.78 is 35.1. The highest BCUT2D eigenvalue weighted by Gasteiger charge is 2.35. The molecule has 2 amide bonds. The summed E-state index contributed by atoms with van der Waals surface area (Å²) in [6.45, 7) is 5.81. The van der Waals surface area contributed by atoms with Crippen molar-refractivity contribution in [1.29, 1.82) is 0 Å². The number of para-hydroxylation sites is 2. The lowest BCUT2D eigenvalue weighted by molar-refractivity contribution is -0.140. The quantitative estimate of drug-likeness (QED) is 0.194. The van der Waals surface area contributed by atoms with Crippen LogP contribution in [0.2, 0.25) is 0 Å². The number of ether oxygens (including phenoxy) is 1. The fraction of sp³-hybridized carbons (Fsp3) is 0.278. The second-order valence-corrected chi connectivity index (χ2v) is 12.9. The second kappa shape index (κ2) is 15.4. The number of benzene rings is 4. The Morgan fingerprint density at radius 3 is 2.16 bits per heavy atom. The Labute approximate surface area is 266 Å². The number of sulfonamides is 1. The van der Waals surface area contributed by atoms with E-state index in [1.54, 1.807) is 36.4 Å². The van der Waals surface area contributed by atoms with E-state index in [1.807, 2.05) is 75.4 Å². The second-order valence-electron chi connectivity index (χ2n) is 11.0. The van der Waals surface area contributed by atoms with Gasteiger partial charge in [0, 0.05) is 19.5 Å². The monoisotopic (exact) mass is 627 g/mol. The Hall–Kier alpha value is -4.63. The van der Waals surface area contributed by atoms with Crippen molar-refractivity contribution < 1.29 is 22.7 Å². The number of methoxy groups -OCH3 is 1. The Balaban J connectivity index is 1.82. The molecule has 4 rings (SSSR count). The van der Waals surface area contributed by atoms with Crippen molar-refractivity contribution in [2.24, 2.45) is 0 Å². The number of carbonyl (C=O) groups is 2. The average Bonchev–Trinajstić information content (AvgIpc) is 3.04. The van der Waals surface area contributed by atoms with E-state index in [2.05, 4.69) is 5.32 Å². The Kier molecular flexibility index (Phi) is 11.4. The van der Waals surface area contributed by atoms with Crippen molar-refractivity contribution >= 4 is 27.5 Å². The van der Waals surface area contributed by atoms with E-state index < -0.39 is 28.5 Å². The third-order valence-electron chi connectivity index (χ3n) is 7.50. The molecule has 4 aromatic carbocycles. The van der Waals surface area contributed by atoms with E-state index in [0.717, 1.165) is 33.0 Å². The smallest absolute Gasteiger partial charge is 0.264 e. The molecule has 0 saturated heterocycles. The number of rotatable bonds is 14. The maximum absolute atomic E-state index is 14.6. The highest BCUT2D eigenvalue weighted by molar-refractivity contribution is 7.92. The van der Waals surface area contributed by atoms with Crippen LogP contribution in [0.15, 0.2) is 108 Å². The number of carbonyl (C=O) groups excluding carboxylic acids is 2. The van der Waals surface area contributed by atoms with E-state index >= 15 is 0 Å². The van der Waals surface area contributed by atoms with Crippen molar-refractivity contribution in [3.05, 3.63) is 125 Å². The number of aryl methyl sites for hydroxylation is 2. The van der Waals surface area contributed by atoms with Gasteiger partial charge in [0.25, 0.3) is 10.0 Å². The summed E-state index contributed by atoms with van der Waals surface area (Å²) >= 11 is 0. The number of nitrogens with one attached hydrogen (secondary N) is 1. The zero-order chi connectivity index (χ0) is 32.4. The van der Waals surface area contributed by atoms with Gasteiger partial charge in [-0.05, 0) is 55.7 Å². The van der Waals surface area contributed by atoms with Crippen LogP contribution in [0, 0.1) is 13.8 Å². The summed E-state index contributed by atoms with van der Waals surface area (Å²) in [5.74, 6) is -0.523. The molecule has 236 valence electrons. The summed E-state index contributed by atoms with van der Waals surface area (Å²) in [4.78, 5) is 29.9. The van der Waals surface area contributed by atoms with Gasteiger partial charge in [-0.3, -0.25) is 13.9 Å². The molecule has 8 nitrogen and oxygen atoms in total. The van der Waals surface area contributed by atoms with E-state index in [4.69, 9.17) is 4.74 Å². The van der Waals surface area contributed by atoms with Gasteiger partial charge in [0.1, 0.15) is 18.3 Å². The predicted molar refractivity (Wildman–Crippen MR) is 178 cm³/mol. The molecular formula is C36H41N3O5S. The van der Waals surface area contributed by atoms with E-state index in [-0.39, 0.29) is 29.5 Å². The molecule has 0 fully saturated rings. The number of hydrogen-bond donors (Lipinski definition) is 1. The van der Waals surface area contributed by atoms with Crippen molar-refractivity contribution in [3.8, 4) is 5.75 Å². The van der Waals surface area contributed by atoms with Crippen LogP contribution in [0.25, 0.3) is 0 Å². The van der Waals surface area contributed by atoms with Crippen LogP contribution in [-0.4, -0.2) is 51.4 Å². The first kappa shape index (κ1) is 33.3. The zero-order valence-electron chi connectivity index (χ0n) is 26.3. The van der Waals surface area contributed by atoms with Gasteiger partial charge in [-0.15, -0.1) is 0 Å². The summed E-state index contributed by atoms with van der Waals surface area (Å²) in [6, 6.07) is 29.5. The number of nitrogens with zero attached hydrogens (tertiary/aromatic N) is 2. The fourth-order valence-electron chi connectivity index (χ4n) is 5.11. The molecule has 0 saturated carbocycles. The van der Waals surface area contributed by atoms with Crippen molar-refractivity contribution in [1.82, 2.24) is 10.2 Å². The average molecular weight is 628 g/mol. The molecular weight excluding hydrogens is 586 g/mol. The standard InChI is InChI=1S/C36H41N3O5S/c1-5-22-37-36(41)33(24-29-13-7-6-8-14-29)38(25-30-15-11-12-28(3)23-30)35(40)26-39(32-16-9-10-17-34(32)44-4)45(42,43)31-20-18-27(2)19-21-31/h6-21,23,33H,5,22,24-26H2,1-4H3,(H,37,41)/t33-/m0/s1. The van der Waals surface area contributed by atoms with Gasteiger partial charge >= 0.3 is 0 Å². The van der Waals surface area contributed by atoms with Crippen LogP contribution in [0.4, 0.5) is 5.69 Å². The molecule has 1 N–H and O–H groups in total. The van der Waals surface area contributed by atoms with Gasteiger partial charge in [-0.1, -0.05) is 96.9 Å². The summed E-state index contributed by atoms with van der Waals surface area (Å²) in [5, 5.41) is 2.97. The largest absolute Gasteiger partial charge is 0.495 e. The first-order valence-electron chi connectivity index (χ1n) is 15.0. The third-order valence-corrected chi connectivity index (χ3v) is 9.27. The van der Waals surface area contributed by atoms with Gasteiger partial charge in [0.15, 0.2) is 0 Å². The number of hydrogen-bond acceptors (Lipinski definition) is 5. The topological polar surface area (TPSA) is 96.0 Å². The predicted octanol–water partition coefficient (Wildman–Crippen LogP) is 5.67. The zero-order valence-corrected chi connectivity index (χ0v) is 27.1. The molecule has 0 aliphatic heterocycles. The molecule has 1 atom stereocenters. The van der Waals surface area contributed by atoms with Crippen LogP contribution in [0.5, 0.6) is 5.75 Å². The number of anilines is 1. The van der Waals surface area contributed by atoms with Gasteiger partial charge < -0.3 is 15.0 Å². The first-order chi connectivity index (χ1) is 21.6. The molecule has 0 aliphatic rings. The van der Waals surface area contributed by atoms with Crippen LogP contribution < -0.4 is 14.4 Å². The first-order valence-corrected chi connectivity index (χ1v) is 16.5. The van der Waals surface area contributed by atoms with E-state index in [1.165, 1.54) is 24.1 Å². The molecule has 0 unspecified atom stereocenters. The molecule has 0 radical (unpaired) electrons. The molecule has 45 heavy (non-hydrogen) atoms. The minimum atomic E-state index is -4.23. The summed E-state index contributed by atoms with van der Waals surface area (Å²) in [6.07, 6.45) is 0.985. The van der Waals surface area contributed by atoms with Gasteiger partial charge in [0.05, 0.1) is 17.7 Å². The molecule has 4 aromatic rings. The molecule has 0 bridgehead atoms. The van der Waals surface area contributed by atoms with Crippen molar-refractivity contribution in [2.45, 2.75) is 51.1 Å². The van der Waals surface area contributed by atoms with Gasteiger partial charge in [-0.25, -0.2) is 8.42 Å². The van der Waals surface area contributed by atoms with E-state index in [0.29, 0.717) is 12.3 Å². The lowest BCUT2D eigenvalue weighted by Crippen LogP contribution is -2.53. The number of amides is 2. The normalized spacial score (nSPS) is 11.8. The minimum absolute atomic E-state index is 0.0403. The molecule has 0 heterocycles. The Morgan fingerprint density at radius 2 is 1.49 bits per heavy atom. The van der Waals surface area contributed by atoms with Crippen LogP contribution in [-0.2, 0) is 32.6 Å². The third kappa shape index (κ3) is 8.51. The maximum atomic E-state index is 14.6.